The van der Waals surface area contributed by atoms with Crippen LogP contribution in [-0.2, 0) is 11.8 Å². The molecule has 114 valence electrons. The van der Waals surface area contributed by atoms with Gasteiger partial charge in [-0.1, -0.05) is 42.8 Å². The predicted molar refractivity (Wildman–Crippen MR) is 92.1 cm³/mol. The summed E-state index contributed by atoms with van der Waals surface area (Å²) in [5.41, 5.74) is 8.55. The minimum Gasteiger partial charge on any atom is -0.496 e. The number of methoxy groups -OCH3 is 1. The van der Waals surface area contributed by atoms with Gasteiger partial charge in [0.15, 0.2) is 0 Å². The summed E-state index contributed by atoms with van der Waals surface area (Å²) in [6.45, 7) is 6.51. The standard InChI is InChI=1S/C16H21BrN2OS/c1-16(2,3)14-9-21-15(19-14)8-12(18)11-6-5-10(17)7-13(11)20-4/h5-7,9,12H,8,18H2,1-4H3. The Bertz CT molecular complexity index is 619. The second kappa shape index (κ2) is 6.46. The summed E-state index contributed by atoms with van der Waals surface area (Å²) >= 11 is 5.12. The molecule has 1 aromatic heterocycles. The van der Waals surface area contributed by atoms with Gasteiger partial charge in [0.05, 0.1) is 17.8 Å². The number of ether oxygens (including phenoxy) is 1. The molecule has 1 unspecified atom stereocenters. The molecule has 0 aliphatic carbocycles. The van der Waals surface area contributed by atoms with E-state index >= 15 is 0 Å². The quantitative estimate of drug-likeness (QED) is 0.866. The maximum atomic E-state index is 6.34. The molecule has 0 aliphatic heterocycles. The zero-order chi connectivity index (χ0) is 15.6. The predicted octanol–water partition coefficient (Wildman–Crippen LogP) is 4.45. The van der Waals surface area contributed by atoms with E-state index in [9.17, 15) is 0 Å². The van der Waals surface area contributed by atoms with E-state index in [-0.39, 0.29) is 11.5 Å². The first-order valence-corrected chi connectivity index (χ1v) is 8.52. The first-order valence-electron chi connectivity index (χ1n) is 6.85. The average Bonchev–Trinajstić information content (AvgIpc) is 2.86. The zero-order valence-electron chi connectivity index (χ0n) is 12.8. The molecule has 21 heavy (non-hydrogen) atoms. The van der Waals surface area contributed by atoms with Gasteiger partial charge in [0.2, 0.25) is 0 Å². The number of halogens is 1. The van der Waals surface area contributed by atoms with Gasteiger partial charge in [0, 0.05) is 33.3 Å². The number of nitrogens with two attached hydrogens (primary N) is 1. The molecule has 2 aromatic rings. The van der Waals surface area contributed by atoms with Gasteiger partial charge in [-0.3, -0.25) is 0 Å². The van der Waals surface area contributed by atoms with E-state index in [1.807, 2.05) is 18.2 Å². The van der Waals surface area contributed by atoms with Crippen LogP contribution in [0.2, 0.25) is 0 Å². The van der Waals surface area contributed by atoms with E-state index in [1.54, 1.807) is 18.4 Å². The van der Waals surface area contributed by atoms with E-state index < -0.39 is 0 Å². The lowest BCUT2D eigenvalue weighted by Crippen LogP contribution is -2.15. The highest BCUT2D eigenvalue weighted by Crippen LogP contribution is 2.31. The number of hydrogen-bond donors (Lipinski definition) is 1. The van der Waals surface area contributed by atoms with Gasteiger partial charge in [-0.25, -0.2) is 4.98 Å². The van der Waals surface area contributed by atoms with Crippen molar-refractivity contribution in [3.63, 3.8) is 0 Å². The van der Waals surface area contributed by atoms with E-state index in [0.717, 1.165) is 32.9 Å². The van der Waals surface area contributed by atoms with Crippen LogP contribution >= 0.6 is 27.3 Å². The van der Waals surface area contributed by atoms with Crippen molar-refractivity contribution >= 4 is 27.3 Å². The monoisotopic (exact) mass is 368 g/mol. The van der Waals surface area contributed by atoms with Crippen molar-refractivity contribution in [2.45, 2.75) is 38.6 Å². The van der Waals surface area contributed by atoms with Gasteiger partial charge in [-0.15, -0.1) is 11.3 Å². The van der Waals surface area contributed by atoms with Crippen molar-refractivity contribution in [2.75, 3.05) is 7.11 Å². The number of aromatic nitrogens is 1. The van der Waals surface area contributed by atoms with Crippen molar-refractivity contribution in [2.24, 2.45) is 5.73 Å². The molecule has 1 atom stereocenters. The third-order valence-corrected chi connectivity index (χ3v) is 4.67. The second-order valence-corrected chi connectivity index (χ2v) is 7.93. The van der Waals surface area contributed by atoms with Crippen LogP contribution in [0.15, 0.2) is 28.1 Å². The van der Waals surface area contributed by atoms with E-state index in [1.165, 1.54) is 0 Å². The van der Waals surface area contributed by atoms with Crippen LogP contribution in [0.3, 0.4) is 0 Å². The Hall–Kier alpha value is -0.910. The molecule has 1 aromatic carbocycles. The van der Waals surface area contributed by atoms with Gasteiger partial charge in [0.25, 0.3) is 0 Å². The Kier molecular flexibility index (Phi) is 5.07. The molecular formula is C16H21BrN2OS. The summed E-state index contributed by atoms with van der Waals surface area (Å²) in [5, 5.41) is 3.19. The third-order valence-electron chi connectivity index (χ3n) is 3.31. The molecule has 0 saturated carbocycles. The first kappa shape index (κ1) is 16.5. The third kappa shape index (κ3) is 4.05. The molecule has 0 aliphatic rings. The Morgan fingerprint density at radius 1 is 1.38 bits per heavy atom. The first-order chi connectivity index (χ1) is 9.81. The minimum absolute atomic E-state index is 0.0775. The van der Waals surface area contributed by atoms with Gasteiger partial charge in [-0.05, 0) is 12.1 Å². The SMILES string of the molecule is COc1cc(Br)ccc1C(N)Cc1nc(C(C)(C)C)cs1. The zero-order valence-corrected chi connectivity index (χ0v) is 15.2. The number of thiazole rings is 1. The fourth-order valence-electron chi connectivity index (χ4n) is 2.04. The molecule has 3 nitrogen and oxygen atoms in total. The normalized spacial score (nSPS) is 13.2. The Labute approximate surface area is 138 Å². The molecule has 0 amide bonds. The number of nitrogens with zero attached hydrogens (tertiary/aromatic N) is 1. The Balaban J connectivity index is 2.18. The van der Waals surface area contributed by atoms with E-state index in [2.05, 4.69) is 42.1 Å². The van der Waals surface area contributed by atoms with Crippen LogP contribution in [0.4, 0.5) is 0 Å². The summed E-state index contributed by atoms with van der Waals surface area (Å²) in [6.07, 6.45) is 0.721. The van der Waals surface area contributed by atoms with Crippen LogP contribution < -0.4 is 10.5 Å². The lowest BCUT2D eigenvalue weighted by molar-refractivity contribution is 0.405. The van der Waals surface area contributed by atoms with Gasteiger partial charge >= 0.3 is 0 Å². The Morgan fingerprint density at radius 3 is 2.67 bits per heavy atom. The van der Waals surface area contributed by atoms with Crippen molar-refractivity contribution in [3.8, 4) is 5.75 Å². The summed E-state index contributed by atoms with van der Waals surface area (Å²) in [7, 11) is 1.67. The molecule has 5 heteroatoms. The molecule has 0 saturated heterocycles. The lowest BCUT2D eigenvalue weighted by Gasteiger charge is -2.16. The average molecular weight is 369 g/mol. The van der Waals surface area contributed by atoms with Gasteiger partial charge < -0.3 is 10.5 Å². The summed E-state index contributed by atoms with van der Waals surface area (Å²) in [4.78, 5) is 4.71. The van der Waals surface area contributed by atoms with E-state index in [0.29, 0.717) is 0 Å². The highest BCUT2D eigenvalue weighted by atomic mass is 79.9. The fraction of sp³-hybridized carbons (Fsp3) is 0.438. The highest BCUT2D eigenvalue weighted by molar-refractivity contribution is 9.10. The number of rotatable bonds is 4. The van der Waals surface area contributed by atoms with Crippen molar-refractivity contribution in [3.05, 3.63) is 44.3 Å². The molecule has 0 bridgehead atoms. The Morgan fingerprint density at radius 2 is 2.10 bits per heavy atom. The van der Waals surface area contributed by atoms with Crippen LogP contribution in [0, 0.1) is 0 Å². The molecule has 0 spiro atoms. The molecule has 0 radical (unpaired) electrons. The number of benzene rings is 1. The lowest BCUT2D eigenvalue weighted by atomic mass is 9.93. The van der Waals surface area contributed by atoms with Gasteiger partial charge in [0.1, 0.15) is 5.75 Å². The topological polar surface area (TPSA) is 48.1 Å². The van der Waals surface area contributed by atoms with Crippen LogP contribution in [-0.4, -0.2) is 12.1 Å². The molecule has 0 fully saturated rings. The van der Waals surface area contributed by atoms with Gasteiger partial charge in [-0.2, -0.15) is 0 Å². The maximum Gasteiger partial charge on any atom is 0.124 e. The minimum atomic E-state index is -0.119. The summed E-state index contributed by atoms with van der Waals surface area (Å²) < 4.78 is 6.40. The summed E-state index contributed by atoms with van der Waals surface area (Å²) in [5.74, 6) is 0.810. The summed E-state index contributed by atoms with van der Waals surface area (Å²) in [6, 6.07) is 5.82. The largest absolute Gasteiger partial charge is 0.496 e. The molecule has 2 N–H and O–H groups in total. The van der Waals surface area contributed by atoms with Crippen LogP contribution in [0.1, 0.15) is 43.1 Å². The molecule has 2 rings (SSSR count). The van der Waals surface area contributed by atoms with E-state index in [4.69, 9.17) is 15.5 Å². The highest BCUT2D eigenvalue weighted by Gasteiger charge is 2.19. The van der Waals surface area contributed by atoms with Crippen LogP contribution in [0.5, 0.6) is 5.75 Å². The van der Waals surface area contributed by atoms with Crippen molar-refractivity contribution in [1.29, 1.82) is 0 Å². The van der Waals surface area contributed by atoms with Crippen molar-refractivity contribution < 1.29 is 4.74 Å². The molecular weight excluding hydrogens is 348 g/mol. The fourth-order valence-corrected chi connectivity index (χ4v) is 3.46. The number of hydrogen-bond acceptors (Lipinski definition) is 4. The van der Waals surface area contributed by atoms with Crippen LogP contribution in [0.25, 0.3) is 0 Å². The smallest absolute Gasteiger partial charge is 0.124 e. The van der Waals surface area contributed by atoms with Crippen molar-refractivity contribution in [1.82, 2.24) is 4.98 Å². The second-order valence-electron chi connectivity index (χ2n) is 6.07. The molecule has 1 heterocycles. The maximum absolute atomic E-state index is 6.34.